The fourth-order valence-corrected chi connectivity index (χ4v) is 2.72. The van der Waals surface area contributed by atoms with Gasteiger partial charge in [-0.05, 0) is 30.4 Å². The van der Waals surface area contributed by atoms with E-state index in [4.69, 9.17) is 5.73 Å². The van der Waals surface area contributed by atoms with Crippen molar-refractivity contribution in [2.45, 2.75) is 32.2 Å². The van der Waals surface area contributed by atoms with Gasteiger partial charge in [0.1, 0.15) is 0 Å². The second-order valence-corrected chi connectivity index (χ2v) is 5.91. The number of hydrogen-bond acceptors (Lipinski definition) is 4. The fourth-order valence-electron chi connectivity index (χ4n) is 2.72. The molecule has 0 aromatic heterocycles. The Labute approximate surface area is 124 Å². The molecule has 1 amide bonds. The van der Waals surface area contributed by atoms with Gasteiger partial charge < -0.3 is 10.6 Å². The topological polar surface area (TPSA) is 89.5 Å². The van der Waals surface area contributed by atoms with E-state index >= 15 is 0 Å². The van der Waals surface area contributed by atoms with Crippen molar-refractivity contribution in [2.24, 2.45) is 11.1 Å². The standard InChI is InChI=1S/C15H21N3O3/c1-17(14(19)9-15(11-16)6-3-7-15)10-12-4-2-5-13(8-12)18(20)21/h2,4-5,8H,3,6-7,9-11,16H2,1H3. The van der Waals surface area contributed by atoms with Crippen molar-refractivity contribution in [1.29, 1.82) is 0 Å². The Morgan fingerprint density at radius 2 is 2.19 bits per heavy atom. The summed E-state index contributed by atoms with van der Waals surface area (Å²) >= 11 is 0. The van der Waals surface area contributed by atoms with Crippen molar-refractivity contribution >= 4 is 11.6 Å². The van der Waals surface area contributed by atoms with Gasteiger partial charge in [-0.3, -0.25) is 14.9 Å². The summed E-state index contributed by atoms with van der Waals surface area (Å²) in [5.41, 5.74) is 6.56. The lowest BCUT2D eigenvalue weighted by Crippen LogP contribution is -2.42. The number of carbonyl (C=O) groups is 1. The SMILES string of the molecule is CN(Cc1cccc([N+](=O)[O-])c1)C(=O)CC1(CN)CCC1. The number of rotatable bonds is 6. The second-order valence-electron chi connectivity index (χ2n) is 5.91. The first-order valence-corrected chi connectivity index (χ1v) is 7.13. The highest BCUT2D eigenvalue weighted by Gasteiger charge is 2.38. The van der Waals surface area contributed by atoms with E-state index in [1.54, 1.807) is 24.1 Å². The molecule has 1 aliphatic rings. The van der Waals surface area contributed by atoms with Crippen molar-refractivity contribution in [3.8, 4) is 0 Å². The molecular weight excluding hydrogens is 270 g/mol. The molecule has 0 unspecified atom stereocenters. The van der Waals surface area contributed by atoms with E-state index in [9.17, 15) is 14.9 Å². The van der Waals surface area contributed by atoms with E-state index in [0.29, 0.717) is 19.5 Å². The molecule has 6 nitrogen and oxygen atoms in total. The molecule has 1 aromatic carbocycles. The third-order valence-corrected chi connectivity index (χ3v) is 4.34. The largest absolute Gasteiger partial charge is 0.341 e. The predicted octanol–water partition coefficient (Wildman–Crippen LogP) is 2.07. The Morgan fingerprint density at radius 3 is 2.71 bits per heavy atom. The lowest BCUT2D eigenvalue weighted by molar-refractivity contribution is -0.384. The molecule has 0 atom stereocenters. The van der Waals surface area contributed by atoms with Gasteiger partial charge in [0.25, 0.3) is 5.69 Å². The maximum absolute atomic E-state index is 12.3. The van der Waals surface area contributed by atoms with Crippen molar-refractivity contribution < 1.29 is 9.72 Å². The first kappa shape index (κ1) is 15.4. The molecule has 21 heavy (non-hydrogen) atoms. The van der Waals surface area contributed by atoms with Crippen LogP contribution in [0.25, 0.3) is 0 Å². The van der Waals surface area contributed by atoms with Crippen LogP contribution < -0.4 is 5.73 Å². The van der Waals surface area contributed by atoms with Gasteiger partial charge >= 0.3 is 0 Å². The van der Waals surface area contributed by atoms with E-state index in [1.165, 1.54) is 12.1 Å². The molecule has 0 heterocycles. The summed E-state index contributed by atoms with van der Waals surface area (Å²) in [5.74, 6) is 0.0478. The van der Waals surface area contributed by atoms with E-state index in [1.807, 2.05) is 0 Å². The van der Waals surface area contributed by atoms with Crippen molar-refractivity contribution in [2.75, 3.05) is 13.6 Å². The van der Waals surface area contributed by atoms with E-state index in [2.05, 4.69) is 0 Å². The number of benzene rings is 1. The normalized spacial score (nSPS) is 16.1. The number of nitro benzene ring substituents is 1. The highest BCUT2D eigenvalue weighted by atomic mass is 16.6. The molecule has 1 saturated carbocycles. The van der Waals surface area contributed by atoms with E-state index in [-0.39, 0.29) is 17.0 Å². The Morgan fingerprint density at radius 1 is 1.48 bits per heavy atom. The number of hydrogen-bond donors (Lipinski definition) is 1. The van der Waals surface area contributed by atoms with E-state index in [0.717, 1.165) is 24.8 Å². The minimum absolute atomic E-state index is 0.0198. The third kappa shape index (κ3) is 3.58. The zero-order chi connectivity index (χ0) is 15.5. The van der Waals surface area contributed by atoms with Crippen molar-refractivity contribution in [1.82, 2.24) is 4.90 Å². The summed E-state index contributed by atoms with van der Waals surface area (Å²) in [4.78, 5) is 24.2. The van der Waals surface area contributed by atoms with Crippen LogP contribution >= 0.6 is 0 Å². The number of carbonyl (C=O) groups excluding carboxylic acids is 1. The minimum atomic E-state index is -0.427. The van der Waals surface area contributed by atoms with Crippen LogP contribution in [-0.2, 0) is 11.3 Å². The van der Waals surface area contributed by atoms with Crippen LogP contribution in [0.3, 0.4) is 0 Å². The average molecular weight is 291 g/mol. The maximum Gasteiger partial charge on any atom is 0.269 e. The lowest BCUT2D eigenvalue weighted by atomic mass is 9.66. The third-order valence-electron chi connectivity index (χ3n) is 4.34. The van der Waals surface area contributed by atoms with Crippen LogP contribution in [0.15, 0.2) is 24.3 Å². The highest BCUT2D eigenvalue weighted by molar-refractivity contribution is 5.76. The molecule has 6 heteroatoms. The average Bonchev–Trinajstić information content (AvgIpc) is 2.42. The van der Waals surface area contributed by atoms with Crippen LogP contribution in [0, 0.1) is 15.5 Å². The summed E-state index contributed by atoms with van der Waals surface area (Å²) in [6.45, 7) is 0.921. The summed E-state index contributed by atoms with van der Waals surface area (Å²) in [5, 5.41) is 10.8. The van der Waals surface area contributed by atoms with Crippen LogP contribution in [0.4, 0.5) is 5.69 Å². The monoisotopic (exact) mass is 291 g/mol. The molecule has 1 fully saturated rings. The quantitative estimate of drug-likeness (QED) is 0.641. The van der Waals surface area contributed by atoms with Gasteiger partial charge in [0.15, 0.2) is 0 Å². The molecule has 1 aromatic rings. The van der Waals surface area contributed by atoms with Crippen LogP contribution in [-0.4, -0.2) is 29.3 Å². The molecule has 2 N–H and O–H groups in total. The van der Waals surface area contributed by atoms with Gasteiger partial charge in [-0.1, -0.05) is 18.6 Å². The van der Waals surface area contributed by atoms with Gasteiger partial charge in [0, 0.05) is 32.1 Å². The Balaban J connectivity index is 1.97. The zero-order valence-electron chi connectivity index (χ0n) is 12.2. The lowest BCUT2D eigenvalue weighted by Gasteiger charge is -2.41. The highest BCUT2D eigenvalue weighted by Crippen LogP contribution is 2.43. The molecule has 0 spiro atoms. The molecule has 0 radical (unpaired) electrons. The maximum atomic E-state index is 12.3. The molecule has 1 aliphatic carbocycles. The molecule has 0 saturated heterocycles. The van der Waals surface area contributed by atoms with E-state index < -0.39 is 4.92 Å². The number of non-ortho nitro benzene ring substituents is 1. The van der Waals surface area contributed by atoms with Gasteiger partial charge in [0.2, 0.25) is 5.91 Å². The van der Waals surface area contributed by atoms with Gasteiger partial charge in [-0.25, -0.2) is 0 Å². The number of nitrogens with two attached hydrogens (primary N) is 1. The number of amides is 1. The van der Waals surface area contributed by atoms with Crippen molar-refractivity contribution in [3.05, 3.63) is 39.9 Å². The molecule has 2 rings (SSSR count). The summed E-state index contributed by atoms with van der Waals surface area (Å²) in [6.07, 6.45) is 3.63. The summed E-state index contributed by atoms with van der Waals surface area (Å²) in [6, 6.07) is 6.38. The summed E-state index contributed by atoms with van der Waals surface area (Å²) in [7, 11) is 1.73. The van der Waals surface area contributed by atoms with Gasteiger partial charge in [-0.2, -0.15) is 0 Å². The zero-order valence-corrected chi connectivity index (χ0v) is 12.2. The van der Waals surface area contributed by atoms with Crippen LogP contribution in [0.5, 0.6) is 0 Å². The predicted molar refractivity (Wildman–Crippen MR) is 79.5 cm³/mol. The van der Waals surface area contributed by atoms with Crippen LogP contribution in [0.1, 0.15) is 31.2 Å². The smallest absolute Gasteiger partial charge is 0.269 e. The molecule has 0 aliphatic heterocycles. The first-order chi connectivity index (χ1) is 9.96. The molecular formula is C15H21N3O3. The second kappa shape index (κ2) is 6.22. The Hall–Kier alpha value is -1.95. The minimum Gasteiger partial charge on any atom is -0.341 e. The number of nitro groups is 1. The van der Waals surface area contributed by atoms with Crippen LogP contribution in [0.2, 0.25) is 0 Å². The van der Waals surface area contributed by atoms with Gasteiger partial charge in [-0.15, -0.1) is 0 Å². The Kier molecular flexibility index (Phi) is 4.57. The molecule has 0 bridgehead atoms. The summed E-state index contributed by atoms with van der Waals surface area (Å²) < 4.78 is 0. The number of nitrogens with zero attached hydrogens (tertiary/aromatic N) is 2. The molecule has 114 valence electrons. The fraction of sp³-hybridized carbons (Fsp3) is 0.533. The van der Waals surface area contributed by atoms with Crippen molar-refractivity contribution in [3.63, 3.8) is 0 Å². The first-order valence-electron chi connectivity index (χ1n) is 7.13. The van der Waals surface area contributed by atoms with Gasteiger partial charge in [0.05, 0.1) is 4.92 Å². The Bertz CT molecular complexity index is 535.